The van der Waals surface area contributed by atoms with Gasteiger partial charge in [-0.15, -0.1) is 0 Å². The Morgan fingerprint density at radius 3 is 2.86 bits per heavy atom. The quantitative estimate of drug-likeness (QED) is 0.457. The molecule has 2 aliphatic heterocycles. The van der Waals surface area contributed by atoms with Crippen molar-refractivity contribution in [2.45, 2.75) is 25.8 Å². The molecule has 2 fully saturated rings. The molecule has 1 aromatic rings. The Balaban J connectivity index is 1.67. The van der Waals surface area contributed by atoms with Crippen molar-refractivity contribution in [1.29, 1.82) is 0 Å². The fourth-order valence-corrected chi connectivity index (χ4v) is 4.08. The Kier molecular flexibility index (Phi) is 6.06. The van der Waals surface area contributed by atoms with Crippen molar-refractivity contribution >= 4 is 17.8 Å². The maximum Gasteiger partial charge on any atom is 0.341 e. The number of hydrogen-bond donors (Lipinski definition) is 2. The van der Waals surface area contributed by atoms with Crippen LogP contribution in [0.1, 0.15) is 35.2 Å². The number of carbonyl (C=O) groups is 2. The summed E-state index contributed by atoms with van der Waals surface area (Å²) in [6.07, 6.45) is 2.67. The van der Waals surface area contributed by atoms with E-state index in [0.717, 1.165) is 44.0 Å². The van der Waals surface area contributed by atoms with E-state index in [-0.39, 0.29) is 11.3 Å². The predicted molar refractivity (Wildman–Crippen MR) is 105 cm³/mol. The minimum atomic E-state index is -0.431. The highest BCUT2D eigenvalue weighted by Gasteiger charge is 2.42. The summed E-state index contributed by atoms with van der Waals surface area (Å²) < 4.78 is 10.1. The molecule has 2 N–H and O–H groups in total. The highest BCUT2D eigenvalue weighted by Crippen LogP contribution is 2.36. The molecule has 1 unspecified atom stereocenters. The predicted octanol–water partition coefficient (Wildman–Crippen LogP) is 1.16. The molecule has 0 bridgehead atoms. The third-order valence-electron chi connectivity index (χ3n) is 5.49. The minimum Gasteiger partial charge on any atom is -0.496 e. The van der Waals surface area contributed by atoms with Crippen LogP contribution >= 0.6 is 0 Å². The Morgan fingerprint density at radius 2 is 2.21 bits per heavy atom. The molecule has 1 amide bonds. The average molecular weight is 388 g/mol. The van der Waals surface area contributed by atoms with Gasteiger partial charge in [0.05, 0.1) is 14.2 Å². The number of benzene rings is 1. The van der Waals surface area contributed by atoms with Gasteiger partial charge in [0, 0.05) is 45.1 Å². The molecular weight excluding hydrogens is 360 g/mol. The van der Waals surface area contributed by atoms with Gasteiger partial charge in [-0.3, -0.25) is 9.79 Å². The fourth-order valence-electron chi connectivity index (χ4n) is 4.08. The van der Waals surface area contributed by atoms with Crippen LogP contribution in [0.15, 0.2) is 23.2 Å². The smallest absolute Gasteiger partial charge is 0.341 e. The van der Waals surface area contributed by atoms with Gasteiger partial charge in [-0.25, -0.2) is 4.79 Å². The van der Waals surface area contributed by atoms with Crippen molar-refractivity contribution in [2.24, 2.45) is 10.4 Å². The average Bonchev–Trinajstić information content (AvgIpc) is 3.07. The summed E-state index contributed by atoms with van der Waals surface area (Å²) in [7, 11) is 4.63. The summed E-state index contributed by atoms with van der Waals surface area (Å²) in [5, 5.41) is 6.34. The van der Waals surface area contributed by atoms with Crippen molar-refractivity contribution in [1.82, 2.24) is 15.5 Å². The summed E-state index contributed by atoms with van der Waals surface area (Å²) in [4.78, 5) is 30.3. The molecule has 0 saturated carbocycles. The highest BCUT2D eigenvalue weighted by molar-refractivity contribution is 5.92. The van der Waals surface area contributed by atoms with Gasteiger partial charge in [0.2, 0.25) is 5.91 Å². The number of likely N-dealkylation sites (tertiary alicyclic amines) is 1. The second kappa shape index (κ2) is 8.50. The van der Waals surface area contributed by atoms with E-state index in [2.05, 4.69) is 20.5 Å². The number of ether oxygens (including phenoxy) is 2. The maximum absolute atomic E-state index is 12.0. The molecule has 2 aliphatic rings. The number of carbonyl (C=O) groups excluding carboxylic acids is 2. The zero-order valence-corrected chi connectivity index (χ0v) is 16.7. The third kappa shape index (κ3) is 4.21. The molecular formula is C20H28N4O4. The zero-order valence-electron chi connectivity index (χ0n) is 16.7. The van der Waals surface area contributed by atoms with Gasteiger partial charge in [-0.1, -0.05) is 6.07 Å². The van der Waals surface area contributed by atoms with Gasteiger partial charge in [0.25, 0.3) is 0 Å². The lowest BCUT2D eigenvalue weighted by atomic mass is 9.79. The first kappa shape index (κ1) is 20.0. The van der Waals surface area contributed by atoms with Crippen LogP contribution in [-0.2, 0) is 16.1 Å². The number of nitrogens with zero attached hydrogens (tertiary/aromatic N) is 2. The third-order valence-corrected chi connectivity index (χ3v) is 5.49. The van der Waals surface area contributed by atoms with Crippen molar-refractivity contribution in [3.05, 3.63) is 29.3 Å². The van der Waals surface area contributed by atoms with Crippen LogP contribution in [-0.4, -0.2) is 63.6 Å². The zero-order chi connectivity index (χ0) is 20.1. The van der Waals surface area contributed by atoms with Crippen molar-refractivity contribution in [3.8, 4) is 5.75 Å². The first-order valence-corrected chi connectivity index (χ1v) is 9.48. The number of aliphatic imine (C=N–C) groups is 1. The molecule has 2 heterocycles. The van der Waals surface area contributed by atoms with Gasteiger partial charge in [-0.05, 0) is 30.5 Å². The molecule has 2 saturated heterocycles. The van der Waals surface area contributed by atoms with E-state index >= 15 is 0 Å². The first-order chi connectivity index (χ1) is 13.5. The molecule has 1 aromatic carbocycles. The topological polar surface area (TPSA) is 92.3 Å². The summed E-state index contributed by atoms with van der Waals surface area (Å²) >= 11 is 0. The number of rotatable bonds is 4. The van der Waals surface area contributed by atoms with Crippen molar-refractivity contribution in [3.63, 3.8) is 0 Å². The summed E-state index contributed by atoms with van der Waals surface area (Å²) in [5.41, 5.74) is 1.32. The van der Waals surface area contributed by atoms with E-state index in [0.29, 0.717) is 24.3 Å². The second-order valence-electron chi connectivity index (χ2n) is 7.41. The van der Waals surface area contributed by atoms with Gasteiger partial charge < -0.3 is 25.0 Å². The van der Waals surface area contributed by atoms with Crippen molar-refractivity contribution < 1.29 is 19.1 Å². The van der Waals surface area contributed by atoms with E-state index < -0.39 is 5.97 Å². The number of piperidine rings is 1. The summed E-state index contributed by atoms with van der Waals surface area (Å²) in [5.74, 6) is 0.989. The minimum absolute atomic E-state index is 0.00508. The molecule has 28 heavy (non-hydrogen) atoms. The van der Waals surface area contributed by atoms with Crippen LogP contribution in [0.3, 0.4) is 0 Å². The fraction of sp³-hybridized carbons (Fsp3) is 0.550. The van der Waals surface area contributed by atoms with E-state index in [4.69, 9.17) is 9.47 Å². The van der Waals surface area contributed by atoms with E-state index in [1.807, 2.05) is 6.07 Å². The van der Waals surface area contributed by atoms with E-state index in [9.17, 15) is 9.59 Å². The van der Waals surface area contributed by atoms with Gasteiger partial charge in [0.1, 0.15) is 11.3 Å². The lowest BCUT2D eigenvalue weighted by Gasteiger charge is -2.40. The van der Waals surface area contributed by atoms with Crippen molar-refractivity contribution in [2.75, 3.05) is 40.9 Å². The lowest BCUT2D eigenvalue weighted by molar-refractivity contribution is -0.119. The van der Waals surface area contributed by atoms with Crippen LogP contribution in [0.25, 0.3) is 0 Å². The SMILES string of the molecule is CN=C(NCc1ccc(OC)c(C(=O)OC)c1)N1CCCC2(CNC(=O)C2)C1. The lowest BCUT2D eigenvalue weighted by Crippen LogP contribution is -2.51. The molecule has 1 spiro atoms. The van der Waals surface area contributed by atoms with Crippen LogP contribution in [0.5, 0.6) is 5.75 Å². The second-order valence-corrected chi connectivity index (χ2v) is 7.41. The molecule has 152 valence electrons. The largest absolute Gasteiger partial charge is 0.496 e. The first-order valence-electron chi connectivity index (χ1n) is 9.48. The van der Waals surface area contributed by atoms with E-state index in [1.165, 1.54) is 14.2 Å². The Morgan fingerprint density at radius 1 is 1.39 bits per heavy atom. The number of methoxy groups -OCH3 is 2. The van der Waals surface area contributed by atoms with E-state index in [1.54, 1.807) is 19.2 Å². The Hall–Kier alpha value is -2.77. The van der Waals surface area contributed by atoms with Crippen LogP contribution < -0.4 is 15.4 Å². The summed E-state index contributed by atoms with van der Waals surface area (Å²) in [6.45, 7) is 2.97. The number of guanidine groups is 1. The molecule has 0 aliphatic carbocycles. The number of esters is 1. The van der Waals surface area contributed by atoms with Gasteiger partial charge in [-0.2, -0.15) is 0 Å². The van der Waals surface area contributed by atoms with Crippen LogP contribution in [0.2, 0.25) is 0 Å². The molecule has 8 heteroatoms. The highest BCUT2D eigenvalue weighted by atomic mass is 16.5. The molecule has 0 radical (unpaired) electrons. The standard InChI is InChI=1S/C20H28N4O4/c1-21-19(24-8-4-7-20(13-24)10-17(25)23-12-20)22-11-14-5-6-16(27-2)15(9-14)18(26)28-3/h5-6,9H,4,7-8,10-13H2,1-3H3,(H,21,22)(H,23,25). The van der Waals surface area contributed by atoms with Crippen LogP contribution in [0.4, 0.5) is 0 Å². The molecule has 0 aromatic heterocycles. The maximum atomic E-state index is 12.0. The monoisotopic (exact) mass is 388 g/mol. The summed E-state index contributed by atoms with van der Waals surface area (Å²) in [6, 6.07) is 5.43. The van der Waals surface area contributed by atoms with Gasteiger partial charge >= 0.3 is 5.97 Å². The Labute approximate surface area is 165 Å². The molecule has 8 nitrogen and oxygen atoms in total. The normalized spacial score (nSPS) is 22.2. The van der Waals surface area contributed by atoms with Crippen LogP contribution in [0, 0.1) is 5.41 Å². The number of amides is 1. The number of nitrogens with one attached hydrogen (secondary N) is 2. The molecule has 1 atom stereocenters. The Bertz CT molecular complexity index is 779. The molecule has 3 rings (SSSR count). The number of hydrogen-bond acceptors (Lipinski definition) is 5. The van der Waals surface area contributed by atoms with Gasteiger partial charge in [0.15, 0.2) is 5.96 Å².